The molecular formula is C11H23N. The molecule has 3 unspecified atom stereocenters. The van der Waals surface area contributed by atoms with Crippen LogP contribution >= 0.6 is 0 Å². The summed E-state index contributed by atoms with van der Waals surface area (Å²) in [6.07, 6.45) is 8.22. The highest BCUT2D eigenvalue weighted by molar-refractivity contribution is 4.84. The molecule has 1 saturated carbocycles. The second-order valence-corrected chi connectivity index (χ2v) is 4.36. The predicted octanol–water partition coefficient (Wildman–Crippen LogP) is 2.94. The van der Waals surface area contributed by atoms with Crippen LogP contribution in [0.15, 0.2) is 0 Å². The fourth-order valence-corrected chi connectivity index (χ4v) is 2.35. The normalized spacial score (nSPS) is 35.8. The van der Waals surface area contributed by atoms with Gasteiger partial charge in [0.05, 0.1) is 0 Å². The van der Waals surface area contributed by atoms with Crippen molar-refractivity contribution in [2.45, 2.75) is 58.4 Å². The molecule has 0 saturated heterocycles. The van der Waals surface area contributed by atoms with Crippen molar-refractivity contribution in [1.82, 2.24) is 0 Å². The highest BCUT2D eigenvalue weighted by Gasteiger charge is 2.29. The topological polar surface area (TPSA) is 26.0 Å². The molecule has 0 spiro atoms. The molecule has 1 aliphatic carbocycles. The van der Waals surface area contributed by atoms with E-state index in [1.807, 2.05) is 0 Å². The minimum atomic E-state index is 0.497. The monoisotopic (exact) mass is 169 g/mol. The quantitative estimate of drug-likeness (QED) is 0.643. The molecule has 12 heavy (non-hydrogen) atoms. The summed E-state index contributed by atoms with van der Waals surface area (Å²) in [7, 11) is 0. The zero-order valence-electron chi connectivity index (χ0n) is 8.55. The smallest absolute Gasteiger partial charge is 0.00672 e. The minimum absolute atomic E-state index is 0.497. The SMILES string of the molecule is CCCCCC1CCC(N)C1C. The first-order valence-electron chi connectivity index (χ1n) is 5.51. The average Bonchev–Trinajstić information content (AvgIpc) is 2.36. The second kappa shape index (κ2) is 4.86. The molecular weight excluding hydrogens is 146 g/mol. The third-order valence-electron chi connectivity index (χ3n) is 3.47. The van der Waals surface area contributed by atoms with Crippen LogP contribution < -0.4 is 5.73 Å². The summed E-state index contributed by atoms with van der Waals surface area (Å²) in [4.78, 5) is 0. The molecule has 0 amide bonds. The van der Waals surface area contributed by atoms with Gasteiger partial charge in [0, 0.05) is 6.04 Å². The first-order chi connectivity index (χ1) is 5.75. The Balaban J connectivity index is 2.16. The molecule has 0 aromatic carbocycles. The second-order valence-electron chi connectivity index (χ2n) is 4.36. The standard InChI is InChI=1S/C11H23N/c1-3-4-5-6-10-7-8-11(12)9(10)2/h9-11H,3-8,12H2,1-2H3. The van der Waals surface area contributed by atoms with Crippen LogP contribution in [0.25, 0.3) is 0 Å². The molecule has 1 aliphatic rings. The Morgan fingerprint density at radius 2 is 2.00 bits per heavy atom. The van der Waals surface area contributed by atoms with Crippen LogP contribution in [0.5, 0.6) is 0 Å². The molecule has 1 heteroatoms. The van der Waals surface area contributed by atoms with Crippen molar-refractivity contribution in [2.24, 2.45) is 17.6 Å². The highest BCUT2D eigenvalue weighted by Crippen LogP contribution is 2.34. The Hall–Kier alpha value is -0.0400. The van der Waals surface area contributed by atoms with E-state index in [1.165, 1.54) is 38.5 Å². The van der Waals surface area contributed by atoms with Crippen molar-refractivity contribution >= 4 is 0 Å². The maximum Gasteiger partial charge on any atom is 0.00672 e. The highest BCUT2D eigenvalue weighted by atomic mass is 14.7. The summed E-state index contributed by atoms with van der Waals surface area (Å²) in [5.74, 6) is 1.72. The van der Waals surface area contributed by atoms with Gasteiger partial charge in [-0.2, -0.15) is 0 Å². The number of hydrogen-bond acceptors (Lipinski definition) is 1. The maximum absolute atomic E-state index is 5.97. The first-order valence-corrected chi connectivity index (χ1v) is 5.51. The van der Waals surface area contributed by atoms with E-state index in [2.05, 4.69) is 13.8 Å². The van der Waals surface area contributed by atoms with Crippen molar-refractivity contribution in [1.29, 1.82) is 0 Å². The fourth-order valence-electron chi connectivity index (χ4n) is 2.35. The summed E-state index contributed by atoms with van der Waals surface area (Å²) in [6.45, 7) is 4.60. The van der Waals surface area contributed by atoms with Gasteiger partial charge in [-0.3, -0.25) is 0 Å². The number of unbranched alkanes of at least 4 members (excludes halogenated alkanes) is 2. The van der Waals surface area contributed by atoms with Gasteiger partial charge in [-0.1, -0.05) is 39.5 Å². The maximum atomic E-state index is 5.97. The Labute approximate surface area is 76.7 Å². The third-order valence-corrected chi connectivity index (χ3v) is 3.47. The molecule has 1 fully saturated rings. The van der Waals surface area contributed by atoms with Gasteiger partial charge in [0.2, 0.25) is 0 Å². The largest absolute Gasteiger partial charge is 0.327 e. The lowest BCUT2D eigenvalue weighted by Crippen LogP contribution is -2.25. The van der Waals surface area contributed by atoms with Gasteiger partial charge in [0.15, 0.2) is 0 Å². The van der Waals surface area contributed by atoms with E-state index in [0.717, 1.165) is 11.8 Å². The van der Waals surface area contributed by atoms with E-state index in [-0.39, 0.29) is 0 Å². The van der Waals surface area contributed by atoms with Gasteiger partial charge in [-0.25, -0.2) is 0 Å². The molecule has 3 atom stereocenters. The van der Waals surface area contributed by atoms with Crippen LogP contribution in [0.1, 0.15) is 52.4 Å². The fraction of sp³-hybridized carbons (Fsp3) is 1.00. The number of rotatable bonds is 4. The van der Waals surface area contributed by atoms with E-state index >= 15 is 0 Å². The zero-order valence-corrected chi connectivity index (χ0v) is 8.55. The lowest BCUT2D eigenvalue weighted by atomic mass is 9.91. The van der Waals surface area contributed by atoms with E-state index < -0.39 is 0 Å². The van der Waals surface area contributed by atoms with Crippen molar-refractivity contribution in [3.63, 3.8) is 0 Å². The lowest BCUT2D eigenvalue weighted by Gasteiger charge is -2.17. The van der Waals surface area contributed by atoms with Gasteiger partial charge in [0.25, 0.3) is 0 Å². The first kappa shape index (κ1) is 10.0. The molecule has 72 valence electrons. The summed E-state index contributed by atoms with van der Waals surface area (Å²) in [5.41, 5.74) is 5.97. The molecule has 2 N–H and O–H groups in total. The van der Waals surface area contributed by atoms with Gasteiger partial charge >= 0.3 is 0 Å². The van der Waals surface area contributed by atoms with Crippen LogP contribution in [0.2, 0.25) is 0 Å². The van der Waals surface area contributed by atoms with Gasteiger partial charge in [-0.05, 0) is 24.7 Å². The molecule has 1 rings (SSSR count). The molecule has 0 heterocycles. The predicted molar refractivity (Wildman–Crippen MR) is 54.0 cm³/mol. The van der Waals surface area contributed by atoms with Gasteiger partial charge in [-0.15, -0.1) is 0 Å². The number of hydrogen-bond donors (Lipinski definition) is 1. The molecule has 1 nitrogen and oxygen atoms in total. The van der Waals surface area contributed by atoms with Gasteiger partial charge in [0.1, 0.15) is 0 Å². The molecule has 0 aromatic heterocycles. The lowest BCUT2D eigenvalue weighted by molar-refractivity contribution is 0.357. The zero-order chi connectivity index (χ0) is 8.97. The van der Waals surface area contributed by atoms with E-state index in [0.29, 0.717) is 6.04 Å². The van der Waals surface area contributed by atoms with Crippen LogP contribution in [0, 0.1) is 11.8 Å². The molecule has 0 aliphatic heterocycles. The van der Waals surface area contributed by atoms with E-state index in [4.69, 9.17) is 5.73 Å². The molecule has 0 aromatic rings. The Morgan fingerprint density at radius 3 is 2.50 bits per heavy atom. The molecule has 0 bridgehead atoms. The van der Waals surface area contributed by atoms with Crippen molar-refractivity contribution in [3.8, 4) is 0 Å². The van der Waals surface area contributed by atoms with Crippen LogP contribution in [0.4, 0.5) is 0 Å². The van der Waals surface area contributed by atoms with E-state index in [9.17, 15) is 0 Å². The van der Waals surface area contributed by atoms with E-state index in [1.54, 1.807) is 0 Å². The number of nitrogens with two attached hydrogens (primary N) is 1. The average molecular weight is 169 g/mol. The Morgan fingerprint density at radius 1 is 1.25 bits per heavy atom. The Kier molecular flexibility index (Phi) is 4.07. The Bertz CT molecular complexity index is 122. The summed E-state index contributed by atoms with van der Waals surface area (Å²) < 4.78 is 0. The van der Waals surface area contributed by atoms with Crippen LogP contribution in [0.3, 0.4) is 0 Å². The van der Waals surface area contributed by atoms with Gasteiger partial charge < -0.3 is 5.73 Å². The van der Waals surface area contributed by atoms with Crippen molar-refractivity contribution in [3.05, 3.63) is 0 Å². The minimum Gasteiger partial charge on any atom is -0.327 e. The van der Waals surface area contributed by atoms with Crippen molar-refractivity contribution in [2.75, 3.05) is 0 Å². The van der Waals surface area contributed by atoms with Crippen molar-refractivity contribution < 1.29 is 0 Å². The molecule has 0 radical (unpaired) electrons. The summed E-state index contributed by atoms with van der Waals surface area (Å²) in [5, 5.41) is 0. The summed E-state index contributed by atoms with van der Waals surface area (Å²) >= 11 is 0. The summed E-state index contributed by atoms with van der Waals surface area (Å²) in [6, 6.07) is 0.497. The van der Waals surface area contributed by atoms with Crippen LogP contribution in [-0.4, -0.2) is 6.04 Å². The third kappa shape index (κ3) is 2.48. The van der Waals surface area contributed by atoms with Crippen LogP contribution in [-0.2, 0) is 0 Å².